The standard InChI is InChI=1S/C11H10O5/c1-6-4-7-2-3-8(6)11(14)15-5-9(12)16-10(7)13/h2-4,9,12H,5H2,1H3. The van der Waals surface area contributed by atoms with Gasteiger partial charge in [0.1, 0.15) is 0 Å². The van der Waals surface area contributed by atoms with Gasteiger partial charge in [-0.15, -0.1) is 0 Å². The second-order valence-electron chi connectivity index (χ2n) is 3.49. The van der Waals surface area contributed by atoms with Crippen molar-refractivity contribution in [3.05, 3.63) is 34.9 Å². The lowest BCUT2D eigenvalue weighted by Crippen LogP contribution is -2.26. The van der Waals surface area contributed by atoms with Gasteiger partial charge in [-0.05, 0) is 30.7 Å². The number of esters is 2. The Morgan fingerprint density at radius 1 is 1.31 bits per heavy atom. The van der Waals surface area contributed by atoms with Gasteiger partial charge in [-0.1, -0.05) is 0 Å². The molecule has 0 saturated carbocycles. The van der Waals surface area contributed by atoms with E-state index in [-0.39, 0.29) is 6.61 Å². The molecule has 3 rings (SSSR count). The second-order valence-corrected chi connectivity index (χ2v) is 3.49. The van der Waals surface area contributed by atoms with E-state index >= 15 is 0 Å². The molecule has 2 aliphatic heterocycles. The molecule has 16 heavy (non-hydrogen) atoms. The maximum atomic E-state index is 11.5. The van der Waals surface area contributed by atoms with E-state index in [9.17, 15) is 14.7 Å². The van der Waals surface area contributed by atoms with E-state index in [0.717, 1.165) is 0 Å². The molecule has 1 N–H and O–H groups in total. The largest absolute Gasteiger partial charge is 0.455 e. The van der Waals surface area contributed by atoms with Crippen LogP contribution in [0.15, 0.2) is 18.2 Å². The highest BCUT2D eigenvalue weighted by Crippen LogP contribution is 2.15. The van der Waals surface area contributed by atoms with Crippen LogP contribution in [0.5, 0.6) is 0 Å². The van der Waals surface area contributed by atoms with E-state index in [1.165, 1.54) is 18.2 Å². The molecule has 1 aromatic carbocycles. The Morgan fingerprint density at radius 3 is 2.75 bits per heavy atom. The normalized spacial score (nSPS) is 20.2. The highest BCUT2D eigenvalue weighted by Gasteiger charge is 2.21. The zero-order valence-electron chi connectivity index (χ0n) is 8.60. The van der Waals surface area contributed by atoms with Gasteiger partial charge in [0.2, 0.25) is 6.29 Å². The van der Waals surface area contributed by atoms with Crippen LogP contribution in [-0.2, 0) is 9.47 Å². The summed E-state index contributed by atoms with van der Waals surface area (Å²) in [6.45, 7) is 1.34. The number of benzene rings is 1. The van der Waals surface area contributed by atoms with Gasteiger partial charge in [0, 0.05) is 0 Å². The Morgan fingerprint density at radius 2 is 2.06 bits per heavy atom. The summed E-state index contributed by atoms with van der Waals surface area (Å²) in [7, 11) is 0. The summed E-state index contributed by atoms with van der Waals surface area (Å²) in [6.07, 6.45) is -1.42. The van der Waals surface area contributed by atoms with Gasteiger partial charge >= 0.3 is 11.9 Å². The Hall–Kier alpha value is -1.88. The van der Waals surface area contributed by atoms with Crippen LogP contribution >= 0.6 is 0 Å². The Labute approximate surface area is 91.6 Å². The Bertz CT molecular complexity index is 452. The van der Waals surface area contributed by atoms with E-state index in [0.29, 0.717) is 16.7 Å². The van der Waals surface area contributed by atoms with Crippen LogP contribution in [0.25, 0.3) is 0 Å². The summed E-state index contributed by atoms with van der Waals surface area (Å²) in [5.74, 6) is -1.18. The van der Waals surface area contributed by atoms with Gasteiger partial charge in [-0.2, -0.15) is 0 Å². The minimum absolute atomic E-state index is 0.301. The zero-order chi connectivity index (χ0) is 11.7. The smallest absolute Gasteiger partial charge is 0.340 e. The van der Waals surface area contributed by atoms with E-state index in [4.69, 9.17) is 4.74 Å². The van der Waals surface area contributed by atoms with Crippen LogP contribution in [0, 0.1) is 6.92 Å². The third kappa shape index (κ3) is 1.90. The van der Waals surface area contributed by atoms with Crippen LogP contribution in [0.3, 0.4) is 0 Å². The van der Waals surface area contributed by atoms with Crippen molar-refractivity contribution in [3.63, 3.8) is 0 Å². The summed E-state index contributed by atoms with van der Waals surface area (Å²) in [5.41, 5.74) is 1.32. The molecule has 5 heteroatoms. The molecule has 1 unspecified atom stereocenters. The fourth-order valence-corrected chi connectivity index (χ4v) is 1.47. The summed E-state index contributed by atoms with van der Waals surface area (Å²) in [4.78, 5) is 23.0. The Balaban J connectivity index is 2.48. The molecule has 0 fully saturated rings. The number of hydrogen-bond donors (Lipinski definition) is 1. The van der Waals surface area contributed by atoms with Crippen molar-refractivity contribution < 1.29 is 24.2 Å². The molecule has 0 aliphatic carbocycles. The predicted molar refractivity (Wildman–Crippen MR) is 52.9 cm³/mol. The fraction of sp³-hybridized carbons (Fsp3) is 0.273. The number of aryl methyl sites for hydroxylation is 1. The number of aliphatic hydroxyl groups is 1. The molecule has 84 valence electrons. The van der Waals surface area contributed by atoms with Gasteiger partial charge < -0.3 is 14.6 Å². The van der Waals surface area contributed by atoms with Gasteiger partial charge in [-0.3, -0.25) is 0 Å². The van der Waals surface area contributed by atoms with Crippen molar-refractivity contribution in [2.75, 3.05) is 6.61 Å². The maximum absolute atomic E-state index is 11.5. The number of carbonyl (C=O) groups excluding carboxylic acids is 2. The number of aliphatic hydroxyl groups excluding tert-OH is 1. The topological polar surface area (TPSA) is 72.8 Å². The lowest BCUT2D eigenvalue weighted by molar-refractivity contribution is -0.0950. The summed E-state index contributed by atoms with van der Waals surface area (Å²) >= 11 is 0. The monoisotopic (exact) mass is 222 g/mol. The van der Waals surface area contributed by atoms with Crippen LogP contribution in [0.2, 0.25) is 0 Å². The lowest BCUT2D eigenvalue weighted by Gasteiger charge is -2.16. The molecular formula is C11H10O5. The number of rotatable bonds is 0. The van der Waals surface area contributed by atoms with Crippen molar-refractivity contribution in [2.24, 2.45) is 0 Å². The average molecular weight is 222 g/mol. The third-order valence-electron chi connectivity index (χ3n) is 2.28. The number of hydrogen-bond acceptors (Lipinski definition) is 5. The first kappa shape index (κ1) is 10.6. The second kappa shape index (κ2) is 3.94. The summed E-state index contributed by atoms with van der Waals surface area (Å²) < 4.78 is 9.42. The van der Waals surface area contributed by atoms with Crippen LogP contribution in [-0.4, -0.2) is 29.9 Å². The summed E-state index contributed by atoms with van der Waals surface area (Å²) in [6, 6.07) is 4.49. The fourth-order valence-electron chi connectivity index (χ4n) is 1.47. The first-order valence-corrected chi connectivity index (χ1v) is 4.75. The van der Waals surface area contributed by atoms with Gasteiger partial charge in [0.05, 0.1) is 11.1 Å². The van der Waals surface area contributed by atoms with Crippen molar-refractivity contribution in [3.8, 4) is 0 Å². The molecule has 0 saturated heterocycles. The van der Waals surface area contributed by atoms with Crippen molar-refractivity contribution >= 4 is 11.9 Å². The number of carbonyl (C=O) groups is 2. The highest BCUT2D eigenvalue weighted by molar-refractivity contribution is 5.95. The van der Waals surface area contributed by atoms with Gasteiger partial charge in [-0.25, -0.2) is 9.59 Å². The first-order valence-electron chi connectivity index (χ1n) is 4.75. The van der Waals surface area contributed by atoms with E-state index in [1.54, 1.807) is 6.92 Å². The molecule has 0 spiro atoms. The van der Waals surface area contributed by atoms with E-state index in [1.807, 2.05) is 0 Å². The molecule has 0 amide bonds. The minimum atomic E-state index is -1.42. The molecule has 0 aromatic heterocycles. The minimum Gasteiger partial charge on any atom is -0.455 e. The Kier molecular flexibility index (Phi) is 2.62. The zero-order valence-corrected chi connectivity index (χ0v) is 8.60. The maximum Gasteiger partial charge on any atom is 0.340 e. The first-order chi connectivity index (χ1) is 7.58. The third-order valence-corrected chi connectivity index (χ3v) is 2.28. The van der Waals surface area contributed by atoms with Crippen LogP contribution < -0.4 is 0 Å². The average Bonchev–Trinajstić information content (AvgIpc) is 2.24. The molecule has 1 atom stereocenters. The predicted octanol–water partition coefficient (Wildman–Crippen LogP) is 0.641. The molecule has 2 bridgehead atoms. The van der Waals surface area contributed by atoms with Gasteiger partial charge in [0.25, 0.3) is 0 Å². The summed E-state index contributed by atoms with van der Waals surface area (Å²) in [5, 5.41) is 9.23. The molecule has 1 aromatic rings. The molecule has 5 nitrogen and oxygen atoms in total. The highest BCUT2D eigenvalue weighted by atomic mass is 16.7. The van der Waals surface area contributed by atoms with Crippen LogP contribution in [0.4, 0.5) is 0 Å². The molecule has 0 radical (unpaired) electrons. The van der Waals surface area contributed by atoms with Crippen LogP contribution in [0.1, 0.15) is 26.3 Å². The number of ether oxygens (including phenoxy) is 2. The van der Waals surface area contributed by atoms with Gasteiger partial charge in [0.15, 0.2) is 6.61 Å². The van der Waals surface area contributed by atoms with Crippen molar-refractivity contribution in [2.45, 2.75) is 13.2 Å². The number of fused-ring (bicyclic) bond motifs is 7. The van der Waals surface area contributed by atoms with E-state index in [2.05, 4.69) is 4.74 Å². The lowest BCUT2D eigenvalue weighted by atomic mass is 10.1. The van der Waals surface area contributed by atoms with Crippen molar-refractivity contribution in [1.82, 2.24) is 0 Å². The molecule has 2 heterocycles. The SMILES string of the molecule is Cc1cc2ccc1C(=O)OCC(O)OC2=O. The van der Waals surface area contributed by atoms with E-state index < -0.39 is 18.2 Å². The quantitative estimate of drug-likeness (QED) is 0.652. The molecular weight excluding hydrogens is 212 g/mol. The molecule has 2 aliphatic rings. The van der Waals surface area contributed by atoms with Crippen molar-refractivity contribution in [1.29, 1.82) is 0 Å².